The number of carbonyl (C=O) groups is 2. The Morgan fingerprint density at radius 1 is 1.46 bits per heavy atom. The predicted octanol–water partition coefficient (Wildman–Crippen LogP) is 2.02. The van der Waals surface area contributed by atoms with Crippen LogP contribution in [0.1, 0.15) is 19.4 Å². The van der Waals surface area contributed by atoms with Crippen molar-refractivity contribution in [3.63, 3.8) is 0 Å². The number of rotatable bonds is 3. The Kier molecular flexibility index (Phi) is 4.16. The van der Waals surface area contributed by atoms with E-state index in [1.807, 2.05) is 0 Å². The first-order chi connectivity index (χ1) is 11.2. The molecule has 0 saturated carbocycles. The van der Waals surface area contributed by atoms with E-state index >= 15 is 0 Å². The molecule has 9 heteroatoms. The van der Waals surface area contributed by atoms with Gasteiger partial charge in [0.2, 0.25) is 15.7 Å². The van der Waals surface area contributed by atoms with Crippen LogP contribution < -0.4 is 10.2 Å². The third-order valence-electron chi connectivity index (χ3n) is 3.95. The van der Waals surface area contributed by atoms with Gasteiger partial charge in [-0.1, -0.05) is 0 Å². The number of cyclic esters (lactones) is 1. The van der Waals surface area contributed by atoms with Gasteiger partial charge in [-0.3, -0.25) is 9.69 Å². The number of fused-ring (bicyclic) bond motifs is 1. The molecule has 7 nitrogen and oxygen atoms in total. The van der Waals surface area contributed by atoms with Crippen LogP contribution in [0.25, 0.3) is 5.57 Å². The van der Waals surface area contributed by atoms with Gasteiger partial charge in [0.15, 0.2) is 0 Å². The van der Waals surface area contributed by atoms with Crippen LogP contribution in [0.4, 0.5) is 10.5 Å². The average Bonchev–Trinajstić information content (AvgIpc) is 2.98. The van der Waals surface area contributed by atoms with Crippen molar-refractivity contribution in [3.05, 3.63) is 27.6 Å². The van der Waals surface area contributed by atoms with Gasteiger partial charge < -0.3 is 10.1 Å². The van der Waals surface area contributed by atoms with Crippen LogP contribution in [0.2, 0.25) is 0 Å². The van der Waals surface area contributed by atoms with Crippen molar-refractivity contribution >= 4 is 49.0 Å². The lowest BCUT2D eigenvalue weighted by Gasteiger charge is -2.14. The second-order valence-electron chi connectivity index (χ2n) is 5.64. The number of carbonyl (C=O) groups excluding carboxylic acids is 2. The van der Waals surface area contributed by atoms with Gasteiger partial charge in [0.1, 0.15) is 9.92 Å². The summed E-state index contributed by atoms with van der Waals surface area (Å²) in [6.07, 6.45) is -0.964. The van der Waals surface area contributed by atoms with Crippen LogP contribution >= 0.6 is 15.9 Å². The number of amides is 2. The van der Waals surface area contributed by atoms with E-state index in [9.17, 15) is 18.0 Å². The molecule has 1 fully saturated rings. The summed E-state index contributed by atoms with van der Waals surface area (Å²) >= 11 is 3.12. The SMILES string of the molecule is CC(=O)NC[C@H]1CN(c2ccc3c(c2)C(C)=C(Br)S3(=O)=O)C(=O)O1. The summed E-state index contributed by atoms with van der Waals surface area (Å²) in [5, 5.41) is 2.61. The van der Waals surface area contributed by atoms with Crippen molar-refractivity contribution in [3.8, 4) is 0 Å². The second-order valence-corrected chi connectivity index (χ2v) is 8.81. The van der Waals surface area contributed by atoms with E-state index in [0.717, 1.165) is 0 Å². The molecular formula is C15H15BrN2O5S. The van der Waals surface area contributed by atoms with E-state index in [1.165, 1.54) is 17.9 Å². The van der Waals surface area contributed by atoms with Crippen LogP contribution in [-0.2, 0) is 19.4 Å². The van der Waals surface area contributed by atoms with Crippen LogP contribution in [0.5, 0.6) is 0 Å². The number of ether oxygens (including phenoxy) is 1. The van der Waals surface area contributed by atoms with Gasteiger partial charge in [-0.25, -0.2) is 13.2 Å². The van der Waals surface area contributed by atoms with Crippen molar-refractivity contribution in [1.29, 1.82) is 0 Å². The van der Waals surface area contributed by atoms with Gasteiger partial charge in [0.05, 0.1) is 18.0 Å². The number of anilines is 1. The molecule has 1 atom stereocenters. The van der Waals surface area contributed by atoms with Crippen molar-refractivity contribution in [2.45, 2.75) is 24.8 Å². The molecule has 2 aliphatic rings. The third kappa shape index (κ3) is 2.71. The van der Waals surface area contributed by atoms with E-state index in [4.69, 9.17) is 4.74 Å². The molecule has 0 unspecified atom stereocenters. The molecule has 128 valence electrons. The first kappa shape index (κ1) is 17.0. The first-order valence-corrected chi connectivity index (χ1v) is 9.48. The van der Waals surface area contributed by atoms with E-state index < -0.39 is 22.0 Å². The molecular weight excluding hydrogens is 400 g/mol. The monoisotopic (exact) mass is 414 g/mol. The fraction of sp³-hybridized carbons (Fsp3) is 0.333. The zero-order valence-electron chi connectivity index (χ0n) is 13.0. The highest BCUT2D eigenvalue weighted by molar-refractivity contribution is 9.13. The molecule has 0 bridgehead atoms. The van der Waals surface area contributed by atoms with Crippen molar-refractivity contribution in [2.24, 2.45) is 0 Å². The topological polar surface area (TPSA) is 92.8 Å². The molecule has 2 heterocycles. The summed E-state index contributed by atoms with van der Waals surface area (Å²) < 4.78 is 29.9. The molecule has 1 saturated heterocycles. The summed E-state index contributed by atoms with van der Waals surface area (Å²) in [4.78, 5) is 24.7. The standard InChI is InChI=1S/C15H15BrN2O5S/c1-8-12-5-10(3-4-13(12)24(21,22)14(8)16)18-7-11(23-15(18)20)6-17-9(2)19/h3-5,11H,6-7H2,1-2H3,(H,17,19)/t11-/m0/s1. The van der Waals surface area contributed by atoms with Crippen LogP contribution in [0.15, 0.2) is 26.9 Å². The smallest absolute Gasteiger partial charge is 0.414 e. The minimum absolute atomic E-state index is 0.148. The van der Waals surface area contributed by atoms with Gasteiger partial charge in [-0.05, 0) is 46.6 Å². The van der Waals surface area contributed by atoms with Gasteiger partial charge in [0, 0.05) is 18.2 Å². The van der Waals surface area contributed by atoms with Crippen molar-refractivity contribution < 1.29 is 22.7 Å². The fourth-order valence-corrected chi connectivity index (χ4v) is 4.91. The van der Waals surface area contributed by atoms with E-state index in [-0.39, 0.29) is 27.7 Å². The van der Waals surface area contributed by atoms with Gasteiger partial charge in [0.25, 0.3) is 0 Å². The zero-order chi connectivity index (χ0) is 17.6. The molecule has 1 aromatic carbocycles. The lowest BCUT2D eigenvalue weighted by atomic mass is 10.1. The predicted molar refractivity (Wildman–Crippen MR) is 91.4 cm³/mol. The number of benzene rings is 1. The number of sulfone groups is 1. The lowest BCUT2D eigenvalue weighted by molar-refractivity contribution is -0.119. The lowest BCUT2D eigenvalue weighted by Crippen LogP contribution is -2.33. The highest BCUT2D eigenvalue weighted by Gasteiger charge is 2.36. The quantitative estimate of drug-likeness (QED) is 0.816. The number of nitrogens with one attached hydrogen (secondary N) is 1. The van der Waals surface area contributed by atoms with E-state index in [2.05, 4.69) is 21.2 Å². The Bertz CT molecular complexity index is 878. The summed E-state index contributed by atoms with van der Waals surface area (Å²) in [6.45, 7) is 3.62. The highest BCUT2D eigenvalue weighted by Crippen LogP contribution is 2.43. The van der Waals surface area contributed by atoms with Crippen LogP contribution in [0, 0.1) is 0 Å². The summed E-state index contributed by atoms with van der Waals surface area (Å²) in [7, 11) is -3.50. The molecule has 24 heavy (non-hydrogen) atoms. The van der Waals surface area contributed by atoms with Gasteiger partial charge in [-0.2, -0.15) is 0 Å². The molecule has 1 aromatic rings. The minimum Gasteiger partial charge on any atom is -0.442 e. The number of hydrogen-bond acceptors (Lipinski definition) is 5. The van der Waals surface area contributed by atoms with E-state index in [1.54, 1.807) is 19.1 Å². The van der Waals surface area contributed by atoms with Gasteiger partial charge >= 0.3 is 6.09 Å². The fourth-order valence-electron chi connectivity index (χ4n) is 2.71. The van der Waals surface area contributed by atoms with Crippen LogP contribution in [-0.4, -0.2) is 39.6 Å². The van der Waals surface area contributed by atoms with Gasteiger partial charge in [-0.15, -0.1) is 0 Å². The molecule has 1 N–H and O–H groups in total. The number of allylic oxidation sites excluding steroid dienone is 1. The number of nitrogens with zero attached hydrogens (tertiary/aromatic N) is 1. The van der Waals surface area contributed by atoms with Crippen molar-refractivity contribution in [2.75, 3.05) is 18.0 Å². The normalized spacial score (nSPS) is 21.7. The van der Waals surface area contributed by atoms with Crippen LogP contribution in [0.3, 0.4) is 0 Å². The largest absolute Gasteiger partial charge is 0.442 e. The zero-order valence-corrected chi connectivity index (χ0v) is 15.4. The highest BCUT2D eigenvalue weighted by atomic mass is 79.9. The Morgan fingerprint density at radius 3 is 2.83 bits per heavy atom. The van der Waals surface area contributed by atoms with Crippen molar-refractivity contribution in [1.82, 2.24) is 5.32 Å². The minimum atomic E-state index is -3.50. The van der Waals surface area contributed by atoms with E-state index in [0.29, 0.717) is 16.8 Å². The number of halogens is 1. The first-order valence-electron chi connectivity index (χ1n) is 7.20. The maximum Gasteiger partial charge on any atom is 0.414 e. The molecule has 2 aliphatic heterocycles. The maximum atomic E-state index is 12.2. The number of hydrogen-bond donors (Lipinski definition) is 1. The molecule has 0 spiro atoms. The summed E-state index contributed by atoms with van der Waals surface area (Å²) in [5.41, 5.74) is 1.73. The Morgan fingerprint density at radius 2 is 2.17 bits per heavy atom. The Hall–Kier alpha value is -1.87. The molecule has 0 aromatic heterocycles. The summed E-state index contributed by atoms with van der Waals surface area (Å²) in [6, 6.07) is 4.74. The average molecular weight is 415 g/mol. The molecule has 3 rings (SSSR count). The molecule has 0 aliphatic carbocycles. The molecule has 2 amide bonds. The summed E-state index contributed by atoms with van der Waals surface area (Å²) in [5.74, 6) is -0.196. The Labute approximate surface area is 147 Å². The molecule has 0 radical (unpaired) electrons. The Balaban J connectivity index is 1.88. The third-order valence-corrected chi connectivity index (χ3v) is 7.54. The maximum absolute atomic E-state index is 12.2. The second kappa shape index (κ2) is 5.89.